The van der Waals surface area contributed by atoms with E-state index in [1.54, 1.807) is 23.6 Å². The van der Waals surface area contributed by atoms with Crippen molar-refractivity contribution in [2.75, 3.05) is 19.8 Å². The maximum absolute atomic E-state index is 14.5. The second-order valence-electron chi connectivity index (χ2n) is 8.41. The van der Waals surface area contributed by atoms with Crippen molar-refractivity contribution in [2.24, 2.45) is 5.92 Å². The van der Waals surface area contributed by atoms with Gasteiger partial charge in [0.15, 0.2) is 0 Å². The van der Waals surface area contributed by atoms with Gasteiger partial charge in [-0.1, -0.05) is 19.9 Å². The summed E-state index contributed by atoms with van der Waals surface area (Å²) in [5.74, 6) is -1.05. The molecule has 1 aliphatic heterocycles. The first-order valence-corrected chi connectivity index (χ1v) is 10.7. The third kappa shape index (κ3) is 4.06. The van der Waals surface area contributed by atoms with E-state index in [2.05, 4.69) is 10.4 Å². The average Bonchev–Trinajstić information content (AvgIpc) is 3.07. The summed E-state index contributed by atoms with van der Waals surface area (Å²) in [4.78, 5) is 13.0. The number of fused-ring (bicyclic) bond motifs is 1. The highest BCUT2D eigenvalue weighted by molar-refractivity contribution is 5.96. The summed E-state index contributed by atoms with van der Waals surface area (Å²) >= 11 is 0. The van der Waals surface area contributed by atoms with E-state index in [1.807, 2.05) is 13.8 Å². The van der Waals surface area contributed by atoms with Gasteiger partial charge in [0.2, 0.25) is 0 Å². The molecule has 31 heavy (non-hydrogen) atoms. The van der Waals surface area contributed by atoms with Crippen LogP contribution < -0.4 is 5.32 Å². The number of nitrogens with one attached hydrogen (secondary N) is 1. The molecule has 0 unspecified atom stereocenters. The monoisotopic (exact) mass is 427 g/mol. The lowest BCUT2D eigenvalue weighted by atomic mass is 9.98. The van der Waals surface area contributed by atoms with Crippen LogP contribution in [0.1, 0.15) is 54.4 Å². The first-order valence-electron chi connectivity index (χ1n) is 10.7. The van der Waals surface area contributed by atoms with Gasteiger partial charge in [0.25, 0.3) is 5.91 Å². The summed E-state index contributed by atoms with van der Waals surface area (Å²) in [5, 5.41) is 7.62. The van der Waals surface area contributed by atoms with Crippen molar-refractivity contribution < 1.29 is 18.3 Å². The van der Waals surface area contributed by atoms with Crippen molar-refractivity contribution >= 4 is 11.4 Å². The number of halogens is 2. The minimum atomic E-state index is -0.637. The molecular weight excluding hydrogens is 400 g/mol. The number of aromatic nitrogens is 2. The predicted molar refractivity (Wildman–Crippen MR) is 115 cm³/mol. The quantitative estimate of drug-likeness (QED) is 0.632. The normalized spacial score (nSPS) is 15.0. The lowest BCUT2D eigenvalue weighted by molar-refractivity contribution is 0.0642. The zero-order valence-corrected chi connectivity index (χ0v) is 18.0. The van der Waals surface area contributed by atoms with Gasteiger partial charge in [-0.2, -0.15) is 5.10 Å². The third-order valence-electron chi connectivity index (χ3n) is 5.90. The Morgan fingerprint density at radius 1 is 1.16 bits per heavy atom. The van der Waals surface area contributed by atoms with Gasteiger partial charge >= 0.3 is 0 Å². The molecule has 7 heteroatoms. The van der Waals surface area contributed by atoms with Crippen LogP contribution in [0.2, 0.25) is 0 Å². The molecule has 1 N–H and O–H groups in total. The van der Waals surface area contributed by atoms with Crippen molar-refractivity contribution in [3.8, 4) is 11.1 Å². The number of carbonyl (C=O) groups is 1. The summed E-state index contributed by atoms with van der Waals surface area (Å²) in [5.41, 5.74) is 2.63. The Morgan fingerprint density at radius 3 is 2.48 bits per heavy atom. The van der Waals surface area contributed by atoms with Crippen LogP contribution in [0.25, 0.3) is 16.6 Å². The molecule has 4 rings (SSSR count). The lowest BCUT2D eigenvalue weighted by Crippen LogP contribution is -2.33. The number of nitrogens with zero attached hydrogens (tertiary/aromatic N) is 2. The summed E-state index contributed by atoms with van der Waals surface area (Å²) in [6, 6.07) is 7.27. The Balaban J connectivity index is 1.75. The minimum Gasteiger partial charge on any atom is -0.381 e. The number of hydrogen-bond acceptors (Lipinski definition) is 3. The van der Waals surface area contributed by atoms with E-state index in [4.69, 9.17) is 4.74 Å². The Kier molecular flexibility index (Phi) is 6.05. The third-order valence-corrected chi connectivity index (χ3v) is 5.90. The molecule has 5 nitrogen and oxygen atoms in total. The van der Waals surface area contributed by atoms with E-state index in [0.29, 0.717) is 40.5 Å². The first-order chi connectivity index (χ1) is 14.9. The van der Waals surface area contributed by atoms with Gasteiger partial charge in [-0.15, -0.1) is 0 Å². The Morgan fingerprint density at radius 2 is 1.84 bits per heavy atom. The highest BCUT2D eigenvalue weighted by Gasteiger charge is 2.24. The zero-order chi connectivity index (χ0) is 22.1. The number of aryl methyl sites for hydroxylation is 1. The van der Waals surface area contributed by atoms with Crippen molar-refractivity contribution in [3.05, 3.63) is 58.9 Å². The molecule has 0 spiro atoms. The fourth-order valence-corrected chi connectivity index (χ4v) is 4.32. The Labute approximate surface area is 180 Å². The number of pyridine rings is 1. The molecule has 0 aliphatic carbocycles. The van der Waals surface area contributed by atoms with Crippen molar-refractivity contribution in [1.29, 1.82) is 0 Å². The Bertz CT molecular complexity index is 1100. The number of carbonyl (C=O) groups excluding carboxylic acids is 1. The molecular formula is C24H27F2N3O2. The molecule has 0 bridgehead atoms. The van der Waals surface area contributed by atoms with Gasteiger partial charge in [0, 0.05) is 25.3 Å². The summed E-state index contributed by atoms with van der Waals surface area (Å²) < 4.78 is 36.1. The molecule has 1 aromatic carbocycles. The van der Waals surface area contributed by atoms with Crippen LogP contribution in [0.5, 0.6) is 0 Å². The van der Waals surface area contributed by atoms with Crippen LogP contribution in [0, 0.1) is 24.5 Å². The van der Waals surface area contributed by atoms with Gasteiger partial charge in [-0.05, 0) is 55.9 Å². The van der Waals surface area contributed by atoms with E-state index in [9.17, 15) is 13.6 Å². The van der Waals surface area contributed by atoms with Crippen LogP contribution in [0.4, 0.5) is 8.78 Å². The van der Waals surface area contributed by atoms with E-state index in [1.165, 1.54) is 18.2 Å². The highest BCUT2D eigenvalue weighted by Crippen LogP contribution is 2.34. The standard InChI is InChI=1S/C24H27F2N3O2/c1-14(2)23-17(24(30)27-13-16-9-11-31-12-10-16)7-8-20-21(15(3)28-29(20)23)22-18(25)5-4-6-19(22)26/h4-8,14,16H,9-13H2,1-3H3,(H,27,30). The van der Waals surface area contributed by atoms with E-state index in [0.717, 1.165) is 26.1 Å². The van der Waals surface area contributed by atoms with Gasteiger partial charge in [-0.25, -0.2) is 13.3 Å². The molecule has 3 heterocycles. The van der Waals surface area contributed by atoms with Crippen LogP contribution in [-0.2, 0) is 4.74 Å². The number of rotatable bonds is 5. The van der Waals surface area contributed by atoms with Gasteiger partial charge in [0.1, 0.15) is 11.6 Å². The van der Waals surface area contributed by atoms with Crippen molar-refractivity contribution in [2.45, 2.75) is 39.5 Å². The molecule has 0 radical (unpaired) electrons. The molecule has 3 aromatic rings. The van der Waals surface area contributed by atoms with Crippen molar-refractivity contribution in [3.63, 3.8) is 0 Å². The second-order valence-corrected chi connectivity index (χ2v) is 8.41. The number of amides is 1. The second kappa shape index (κ2) is 8.75. The minimum absolute atomic E-state index is 0.0230. The molecule has 1 amide bonds. The maximum atomic E-state index is 14.5. The SMILES string of the molecule is Cc1nn2c(C(C)C)c(C(=O)NCC3CCOCC3)ccc2c1-c1c(F)cccc1F. The molecule has 0 atom stereocenters. The fourth-order valence-electron chi connectivity index (χ4n) is 4.32. The maximum Gasteiger partial charge on any atom is 0.253 e. The van der Waals surface area contributed by atoms with E-state index in [-0.39, 0.29) is 17.4 Å². The molecule has 1 aliphatic rings. The largest absolute Gasteiger partial charge is 0.381 e. The lowest BCUT2D eigenvalue weighted by Gasteiger charge is -2.22. The van der Waals surface area contributed by atoms with E-state index < -0.39 is 11.6 Å². The van der Waals surface area contributed by atoms with Crippen LogP contribution in [-0.4, -0.2) is 35.3 Å². The van der Waals surface area contributed by atoms with E-state index >= 15 is 0 Å². The van der Waals surface area contributed by atoms with Crippen LogP contribution >= 0.6 is 0 Å². The number of ether oxygens (including phenoxy) is 1. The topological polar surface area (TPSA) is 55.6 Å². The number of benzene rings is 1. The van der Waals surface area contributed by atoms with Crippen molar-refractivity contribution in [1.82, 2.24) is 14.9 Å². The molecule has 1 fully saturated rings. The van der Waals surface area contributed by atoms with Crippen LogP contribution in [0.3, 0.4) is 0 Å². The van der Waals surface area contributed by atoms with Gasteiger partial charge in [0.05, 0.1) is 28.0 Å². The van der Waals surface area contributed by atoms with Crippen LogP contribution in [0.15, 0.2) is 30.3 Å². The van der Waals surface area contributed by atoms with Gasteiger partial charge in [-0.3, -0.25) is 4.79 Å². The molecule has 2 aromatic heterocycles. The fraction of sp³-hybridized carbons (Fsp3) is 0.417. The molecule has 0 saturated carbocycles. The predicted octanol–water partition coefficient (Wildman–Crippen LogP) is 4.87. The summed E-state index contributed by atoms with van der Waals surface area (Å²) in [6.45, 7) is 7.73. The molecule has 164 valence electrons. The number of hydrogen-bond donors (Lipinski definition) is 1. The highest BCUT2D eigenvalue weighted by atomic mass is 19.1. The first kappa shape index (κ1) is 21.4. The smallest absolute Gasteiger partial charge is 0.253 e. The zero-order valence-electron chi connectivity index (χ0n) is 18.0. The Hall–Kier alpha value is -2.80. The summed E-state index contributed by atoms with van der Waals surface area (Å²) in [6.07, 6.45) is 1.87. The van der Waals surface area contributed by atoms with Gasteiger partial charge < -0.3 is 10.1 Å². The molecule has 1 saturated heterocycles. The average molecular weight is 427 g/mol. The summed E-state index contributed by atoms with van der Waals surface area (Å²) in [7, 11) is 0.